The fourth-order valence-corrected chi connectivity index (χ4v) is 1.89. The Balaban J connectivity index is 0.000000325. The number of hydrogen-bond acceptors (Lipinski definition) is 3. The summed E-state index contributed by atoms with van der Waals surface area (Å²) in [5, 5.41) is 9.36. The first-order chi connectivity index (χ1) is 7.54. The number of carbonyl (C=O) groups is 1. The second kappa shape index (κ2) is 8.30. The van der Waals surface area contributed by atoms with Crippen molar-refractivity contribution in [3.63, 3.8) is 0 Å². The van der Waals surface area contributed by atoms with Gasteiger partial charge in [-0.05, 0) is 25.3 Å². The molecule has 0 aromatic carbocycles. The van der Waals surface area contributed by atoms with Crippen LogP contribution >= 0.6 is 0 Å². The van der Waals surface area contributed by atoms with Crippen LogP contribution < -0.4 is 5.11 Å². The summed E-state index contributed by atoms with van der Waals surface area (Å²) in [5.74, 6) is -1.18. The average molecular weight is 229 g/mol. The molecule has 4 nitrogen and oxygen atoms in total. The zero-order valence-electron chi connectivity index (χ0n) is 10.4. The molecule has 0 N–H and O–H groups in total. The van der Waals surface area contributed by atoms with Crippen LogP contribution in [0.15, 0.2) is 12.7 Å². The number of carboxylic acids is 1. The van der Waals surface area contributed by atoms with E-state index < -0.39 is 5.97 Å². The summed E-state index contributed by atoms with van der Waals surface area (Å²) >= 11 is 0. The summed E-state index contributed by atoms with van der Waals surface area (Å²) in [7, 11) is 3.64. The van der Waals surface area contributed by atoms with Gasteiger partial charge >= 0.3 is 0 Å². The lowest BCUT2D eigenvalue weighted by atomic mass is 10.1. The molecule has 1 aliphatic rings. The summed E-state index contributed by atoms with van der Waals surface area (Å²) in [6.07, 6.45) is 6.30. The summed E-state index contributed by atoms with van der Waals surface area (Å²) in [6.45, 7) is 7.32. The molecule has 0 radical (unpaired) electrons. The zero-order chi connectivity index (χ0) is 12.4. The van der Waals surface area contributed by atoms with Crippen molar-refractivity contribution in [2.45, 2.75) is 19.3 Å². The topological polar surface area (TPSA) is 49.4 Å². The summed E-state index contributed by atoms with van der Waals surface area (Å²) in [5.41, 5.74) is 0. The molecule has 0 aromatic rings. The molecule has 1 heterocycles. The number of rotatable bonds is 4. The first kappa shape index (κ1) is 15.1. The molecule has 0 unspecified atom stereocenters. The number of piperidine rings is 1. The van der Waals surface area contributed by atoms with E-state index in [4.69, 9.17) is 0 Å². The zero-order valence-corrected chi connectivity index (χ0v) is 10.4. The largest absolute Gasteiger partial charge is 0.548 e. The minimum atomic E-state index is -1.18. The van der Waals surface area contributed by atoms with Crippen LogP contribution in [0.3, 0.4) is 0 Å². The molecule has 0 aromatic heterocycles. The van der Waals surface area contributed by atoms with Gasteiger partial charge in [0.1, 0.15) is 0 Å². The Labute approximate surface area is 98.1 Å². The molecular formula is C12H23NO3. The predicted octanol–water partition coefficient (Wildman–Crippen LogP) is 0.186. The van der Waals surface area contributed by atoms with Crippen LogP contribution in [-0.4, -0.2) is 50.9 Å². The van der Waals surface area contributed by atoms with Gasteiger partial charge in [-0.3, -0.25) is 0 Å². The average Bonchev–Trinajstić information content (AvgIpc) is 2.19. The molecule has 1 aliphatic heterocycles. The van der Waals surface area contributed by atoms with Crippen LogP contribution in [0.25, 0.3) is 0 Å². The molecule has 1 fully saturated rings. The molecule has 16 heavy (non-hydrogen) atoms. The van der Waals surface area contributed by atoms with E-state index in [1.165, 1.54) is 43.9 Å². The van der Waals surface area contributed by atoms with Crippen molar-refractivity contribution >= 4 is 5.97 Å². The molecule has 0 saturated carbocycles. The number of carboxylic acid groups (broad SMARTS) is 1. The minimum Gasteiger partial charge on any atom is -0.548 e. The molecule has 1 rings (SSSR count). The van der Waals surface area contributed by atoms with Gasteiger partial charge in [0.15, 0.2) is 0 Å². The van der Waals surface area contributed by atoms with Crippen LogP contribution in [0.1, 0.15) is 19.3 Å². The Hall–Kier alpha value is -0.870. The van der Waals surface area contributed by atoms with Crippen LogP contribution in [0.2, 0.25) is 0 Å². The Bertz CT molecular complexity index is 210. The highest BCUT2D eigenvalue weighted by Gasteiger charge is 2.22. The van der Waals surface area contributed by atoms with Gasteiger partial charge in [-0.15, -0.1) is 0 Å². The van der Waals surface area contributed by atoms with Gasteiger partial charge in [0.2, 0.25) is 0 Å². The minimum absolute atomic E-state index is 0.319. The third-order valence-corrected chi connectivity index (χ3v) is 2.73. The van der Waals surface area contributed by atoms with Gasteiger partial charge in [-0.25, -0.2) is 0 Å². The molecule has 94 valence electrons. The Kier molecular flexibility index (Phi) is 7.85. The number of likely N-dealkylation sites (N-methyl/N-ethyl adjacent to an activating group) is 1. The number of nitrogens with zero attached hydrogens (tertiary/aromatic N) is 1. The van der Waals surface area contributed by atoms with E-state index in [1.807, 2.05) is 6.08 Å². The van der Waals surface area contributed by atoms with Crippen LogP contribution in [0.4, 0.5) is 0 Å². The number of quaternary nitrogens is 1. The molecule has 0 atom stereocenters. The molecule has 0 bridgehead atoms. The number of ether oxygens (including phenoxy) is 1. The van der Waals surface area contributed by atoms with Crippen molar-refractivity contribution in [2.24, 2.45) is 0 Å². The second-order valence-corrected chi connectivity index (χ2v) is 4.40. The normalized spacial score (nSPS) is 18.1. The van der Waals surface area contributed by atoms with Crippen molar-refractivity contribution in [2.75, 3.05) is 40.4 Å². The van der Waals surface area contributed by atoms with Gasteiger partial charge in [0, 0.05) is 7.11 Å². The number of hydrogen-bond donors (Lipinski definition) is 0. The number of methoxy groups -OCH3 is 1. The van der Waals surface area contributed by atoms with Crippen molar-refractivity contribution in [3.05, 3.63) is 12.7 Å². The smallest absolute Gasteiger partial charge is 0.0969 e. The summed E-state index contributed by atoms with van der Waals surface area (Å²) in [4.78, 5) is 9.36. The Morgan fingerprint density at radius 1 is 1.44 bits per heavy atom. The van der Waals surface area contributed by atoms with Gasteiger partial charge < -0.3 is 19.1 Å². The van der Waals surface area contributed by atoms with Crippen molar-refractivity contribution in [3.8, 4) is 0 Å². The third kappa shape index (κ3) is 7.43. The summed E-state index contributed by atoms with van der Waals surface area (Å²) < 4.78 is 5.37. The fourth-order valence-electron chi connectivity index (χ4n) is 1.89. The maximum atomic E-state index is 9.36. The van der Waals surface area contributed by atoms with Gasteiger partial charge in [-0.2, -0.15) is 0 Å². The second-order valence-electron chi connectivity index (χ2n) is 4.40. The lowest BCUT2D eigenvalue weighted by molar-refractivity contribution is -0.908. The lowest BCUT2D eigenvalue weighted by Gasteiger charge is -2.36. The summed E-state index contributed by atoms with van der Waals surface area (Å²) in [6, 6.07) is 0. The maximum Gasteiger partial charge on any atom is 0.0969 e. The monoisotopic (exact) mass is 229 g/mol. The van der Waals surface area contributed by atoms with E-state index in [-0.39, 0.29) is 6.61 Å². The van der Waals surface area contributed by atoms with E-state index in [0.29, 0.717) is 0 Å². The molecular weight excluding hydrogens is 206 g/mol. The van der Waals surface area contributed by atoms with Crippen LogP contribution in [0, 0.1) is 0 Å². The van der Waals surface area contributed by atoms with Crippen LogP contribution in [-0.2, 0) is 9.53 Å². The molecule has 4 heteroatoms. The van der Waals surface area contributed by atoms with Crippen LogP contribution in [0.5, 0.6) is 0 Å². The first-order valence-electron chi connectivity index (χ1n) is 5.67. The quantitative estimate of drug-likeness (QED) is 0.510. The first-order valence-corrected chi connectivity index (χ1v) is 5.67. The maximum absolute atomic E-state index is 9.36. The number of likely N-dealkylation sites (tertiary alicyclic amines) is 1. The number of carbonyl (C=O) groups excluding carboxylic acids is 1. The predicted molar refractivity (Wildman–Crippen MR) is 61.7 cm³/mol. The fraction of sp³-hybridized carbons (Fsp3) is 0.750. The van der Waals surface area contributed by atoms with E-state index in [0.717, 1.165) is 6.54 Å². The van der Waals surface area contributed by atoms with E-state index in [1.54, 1.807) is 0 Å². The molecule has 0 spiro atoms. The number of aliphatic carboxylic acids is 1. The highest BCUT2D eigenvalue weighted by molar-refractivity contribution is 5.65. The van der Waals surface area contributed by atoms with Crippen molar-refractivity contribution < 1.29 is 19.1 Å². The molecule has 1 saturated heterocycles. The SMILES string of the molecule is C=CC[N+]1(C)CCCCC1.COCC(=O)[O-]. The molecule has 0 aliphatic carbocycles. The van der Waals surface area contributed by atoms with Gasteiger partial charge in [0.05, 0.1) is 39.3 Å². The van der Waals surface area contributed by atoms with E-state index in [9.17, 15) is 9.90 Å². The molecule has 0 amide bonds. The van der Waals surface area contributed by atoms with Gasteiger partial charge in [-0.1, -0.05) is 6.58 Å². The van der Waals surface area contributed by atoms with Gasteiger partial charge in [0.25, 0.3) is 0 Å². The highest BCUT2D eigenvalue weighted by Crippen LogP contribution is 2.15. The Morgan fingerprint density at radius 3 is 2.31 bits per heavy atom. The standard InChI is InChI=1S/C9H18N.C3H6O3/c1-3-7-10(2)8-5-4-6-9-10;1-6-2-3(4)5/h3H,1,4-9H2,2H3;2H2,1H3,(H,4,5)/q+1;/p-1. The van der Waals surface area contributed by atoms with E-state index >= 15 is 0 Å². The third-order valence-electron chi connectivity index (χ3n) is 2.73. The van der Waals surface area contributed by atoms with Crippen molar-refractivity contribution in [1.29, 1.82) is 0 Å². The Morgan fingerprint density at radius 2 is 2.00 bits per heavy atom. The lowest BCUT2D eigenvalue weighted by Crippen LogP contribution is -2.47. The van der Waals surface area contributed by atoms with Crippen molar-refractivity contribution in [1.82, 2.24) is 0 Å². The van der Waals surface area contributed by atoms with E-state index in [2.05, 4.69) is 18.4 Å². The highest BCUT2D eigenvalue weighted by atomic mass is 16.5.